The number of piperazine rings is 1. The Morgan fingerprint density at radius 2 is 0.743 bits per heavy atom. The van der Waals surface area contributed by atoms with Gasteiger partial charge in [-0.3, -0.25) is 49.0 Å². The van der Waals surface area contributed by atoms with E-state index in [1.807, 2.05) is 18.3 Å². The molecule has 798 valence electrons. The number of pyridine rings is 1. The maximum atomic E-state index is 12.7. The van der Waals surface area contributed by atoms with Crippen molar-refractivity contribution in [3.05, 3.63) is 41.6 Å². The normalized spacial score (nSPS) is 23.7. The molecule has 0 spiro atoms. The van der Waals surface area contributed by atoms with Crippen LogP contribution in [0.25, 0.3) is 0 Å². The number of methoxy groups -OCH3 is 2. The van der Waals surface area contributed by atoms with Gasteiger partial charge < -0.3 is 34.0 Å². The molecular formula is C115H223F3N14O4. The van der Waals surface area contributed by atoms with E-state index in [0.29, 0.717) is 63.3 Å². The smallest absolute Gasteiger partial charge is 0.250 e. The lowest BCUT2D eigenvalue weighted by Crippen LogP contribution is -2.58. The van der Waals surface area contributed by atoms with Crippen LogP contribution in [0.4, 0.5) is 24.5 Å². The number of halogens is 3. The number of likely N-dealkylation sites (tertiary alicyclic amines) is 7. The van der Waals surface area contributed by atoms with E-state index < -0.39 is 12.1 Å². The first-order valence-corrected chi connectivity index (χ1v) is 54.5. The summed E-state index contributed by atoms with van der Waals surface area (Å²) in [6.45, 7) is 112. The molecule has 1 aromatic carbocycles. The largest absolute Gasteiger partial charge is 0.497 e. The number of nitrogens with zero attached hydrogens (tertiary/aromatic N) is 14. The van der Waals surface area contributed by atoms with Gasteiger partial charge in [0.15, 0.2) is 0 Å². The molecule has 1 unspecified atom stereocenters. The number of hydrogen-bond donors (Lipinski definition) is 1. The molecule has 136 heavy (non-hydrogen) atoms. The SMILES string of the molecule is CC(C)(C)N1CCC(F)(F)CC1.CC(C)(C)N1CCC(F)CC1.CC(C)(C)N1CCC(O)C1.CC(C)(C)N1CCC2CC1C2.CC(C)(C)N1CCCC1.CC(C)(C)N1CCCC1(C)C.CC(C)(C)N1CCCCC1.CC(C)(C)N1CCCCCC1.CC(C)(C)N1CCOCC1.CN1CCN(C(C)(C)C)CC1.COc1cc2c(cn1)N(C(C)(C)C)CC2.COc1ccc2c(c1)CCN2C(C)(C)C. The molecule has 14 aliphatic rings. The summed E-state index contributed by atoms with van der Waals surface area (Å²) in [6, 6.07) is 9.35. The molecule has 2 bridgehead atoms. The van der Waals surface area contributed by atoms with Gasteiger partial charge in [0.2, 0.25) is 5.88 Å². The van der Waals surface area contributed by atoms with Crippen LogP contribution in [0, 0.1) is 5.92 Å². The van der Waals surface area contributed by atoms with Gasteiger partial charge in [0, 0.05) is 194 Å². The fraction of sp³-hybridized carbons (Fsp3) is 0.904. The molecule has 1 saturated carbocycles. The Bertz CT molecular complexity index is 3390. The van der Waals surface area contributed by atoms with Crippen molar-refractivity contribution < 1.29 is 32.5 Å². The van der Waals surface area contributed by atoms with Crippen LogP contribution in [0.3, 0.4) is 0 Å². The van der Waals surface area contributed by atoms with E-state index >= 15 is 0 Å². The van der Waals surface area contributed by atoms with Crippen LogP contribution in [-0.4, -0.2) is 339 Å². The highest BCUT2D eigenvalue weighted by atomic mass is 19.3. The first-order valence-electron chi connectivity index (χ1n) is 54.5. The number of alkyl halides is 3. The van der Waals surface area contributed by atoms with Crippen LogP contribution in [0.2, 0.25) is 0 Å². The van der Waals surface area contributed by atoms with Crippen molar-refractivity contribution in [2.75, 3.05) is 188 Å². The van der Waals surface area contributed by atoms with Gasteiger partial charge in [0.1, 0.15) is 11.9 Å². The maximum absolute atomic E-state index is 12.7. The molecule has 16 rings (SSSR count). The average molecular weight is 1920 g/mol. The standard InChI is InChI=1S/C13H19NO.C12H18N2O.C10H19N.2C10H21N.C9H17F2N.C9H18FN.C9H20N2.C9H19N.2C8H17NO.C8H17N/c1-13(2,3)14-8-7-10-9-11(15-4)5-6-12(10)14;1-12(2,3)14-6-5-9-7-11(15-4)13-8-10(9)14;1-10(2,3)11-5-4-8-6-9(11)7-8;1-9(2,3)11-8-6-7-10(11,4)5;1-10(2,3)11-8-6-4-5-7-9-11;1-8(2,3)12-6-4-9(10,11)5-7-12;1-9(2,3)11-6-4-8(10)5-7-11;1-9(2,3)11-7-5-10(4)6-8-11;1-9(2,3)10-7-5-4-6-8-10;1-8(2,3)9-4-6-10-7-5-9;1-8(2,3)9-5-4-7(10)6-9;1-8(2,3)9-6-4-5-7-9/h5-6,9H,7-8H2,1-4H3;7-8H,5-6H2,1-4H3;8-9H,4-7H2,1-3H3;6-8H2,1-5H3;4-9H2,1-3H3;4-7H2,1-3H3;8H,4-7H2,1-3H3;5-8H2,1-4H3;4-8H2,1-3H3;4-7H2,1-3H3;7,10H,4-6H2,1-3H3;4-7H2,1-3H3. The zero-order valence-corrected chi connectivity index (χ0v) is 97.1. The molecule has 1 atom stereocenters. The molecule has 1 aromatic heterocycles. The zero-order valence-electron chi connectivity index (χ0n) is 97.1. The van der Waals surface area contributed by atoms with Crippen molar-refractivity contribution in [2.24, 2.45) is 5.92 Å². The van der Waals surface area contributed by atoms with Gasteiger partial charge in [-0.2, -0.15) is 0 Å². The minimum atomic E-state index is -2.41. The molecular weight excluding hydrogens is 1700 g/mol. The third-order valence-corrected chi connectivity index (χ3v) is 30.1. The summed E-state index contributed by atoms with van der Waals surface area (Å²) >= 11 is 0. The highest BCUT2D eigenvalue weighted by Crippen LogP contribution is 2.44. The van der Waals surface area contributed by atoms with Crippen molar-refractivity contribution in [2.45, 2.75) is 494 Å². The van der Waals surface area contributed by atoms with Gasteiger partial charge in [-0.15, -0.1) is 0 Å². The van der Waals surface area contributed by atoms with Gasteiger partial charge in [-0.25, -0.2) is 18.2 Å². The summed E-state index contributed by atoms with van der Waals surface area (Å²) in [4.78, 5) is 36.3. The Labute approximate surface area is 839 Å². The fourth-order valence-corrected chi connectivity index (χ4v) is 21.0. The number of hydrogen-bond acceptors (Lipinski definition) is 18. The first-order chi connectivity index (χ1) is 62.2. The molecule has 1 N–H and O–H groups in total. The Kier molecular flexibility index (Phi) is 50.0. The topological polar surface area (TPSA) is 103 Å². The van der Waals surface area contributed by atoms with Crippen molar-refractivity contribution in [3.8, 4) is 11.6 Å². The number of anilines is 2. The summed E-state index contributed by atoms with van der Waals surface area (Å²) in [5, 5.41) is 9.22. The first kappa shape index (κ1) is 125. The summed E-state index contributed by atoms with van der Waals surface area (Å²) in [6.07, 6.45) is 25.8. The molecule has 2 aromatic rings. The van der Waals surface area contributed by atoms with Crippen molar-refractivity contribution in [3.63, 3.8) is 0 Å². The molecule has 14 heterocycles. The maximum Gasteiger partial charge on any atom is 0.250 e. The van der Waals surface area contributed by atoms with E-state index in [2.05, 4.69) is 351 Å². The van der Waals surface area contributed by atoms with Crippen LogP contribution in [0.15, 0.2) is 30.5 Å². The Balaban J connectivity index is 0.000000311. The van der Waals surface area contributed by atoms with E-state index in [9.17, 15) is 18.3 Å². The third kappa shape index (κ3) is 45.6. The zero-order chi connectivity index (χ0) is 103. The minimum absolute atomic E-state index is 0.0181. The summed E-state index contributed by atoms with van der Waals surface area (Å²) in [7, 11) is 5.57. The van der Waals surface area contributed by atoms with Gasteiger partial charge in [0.05, 0.1) is 45.4 Å². The van der Waals surface area contributed by atoms with E-state index in [4.69, 9.17) is 14.2 Å². The second-order valence-corrected chi connectivity index (χ2v) is 54.2. The lowest BCUT2D eigenvalue weighted by Gasteiger charge is -2.54. The van der Waals surface area contributed by atoms with Gasteiger partial charge in [-0.1, -0.05) is 19.3 Å². The second kappa shape index (κ2) is 54.3. The molecule has 18 nitrogen and oxygen atoms in total. The van der Waals surface area contributed by atoms with Crippen LogP contribution in [0.5, 0.6) is 11.6 Å². The average Bonchev–Trinajstić information content (AvgIpc) is 1.59. The van der Waals surface area contributed by atoms with Gasteiger partial charge >= 0.3 is 0 Å². The summed E-state index contributed by atoms with van der Waals surface area (Å²) in [5.74, 6) is 0.356. The van der Waals surface area contributed by atoms with E-state index in [1.165, 1.54) is 191 Å². The predicted molar refractivity (Wildman–Crippen MR) is 582 cm³/mol. The number of aromatic nitrogens is 1. The van der Waals surface area contributed by atoms with Crippen molar-refractivity contribution in [1.82, 2.24) is 58.9 Å². The van der Waals surface area contributed by atoms with Crippen LogP contribution < -0.4 is 19.3 Å². The second-order valence-electron chi connectivity index (χ2n) is 54.2. The van der Waals surface area contributed by atoms with Gasteiger partial charge in [0.25, 0.3) is 5.92 Å². The number of aliphatic hydroxyl groups is 1. The molecule has 13 aliphatic heterocycles. The number of aliphatic hydroxyl groups excluding tert-OH is 1. The molecule has 12 fully saturated rings. The third-order valence-electron chi connectivity index (χ3n) is 30.1. The van der Waals surface area contributed by atoms with E-state index in [-0.39, 0.29) is 46.6 Å². The monoisotopic (exact) mass is 1920 g/mol. The summed E-state index contributed by atoms with van der Waals surface area (Å²) < 4.78 is 53.8. The van der Waals surface area contributed by atoms with Crippen molar-refractivity contribution >= 4 is 11.4 Å². The Morgan fingerprint density at radius 3 is 1.07 bits per heavy atom. The number of ether oxygens (including phenoxy) is 3. The molecule has 1 aliphatic carbocycles. The van der Waals surface area contributed by atoms with E-state index in [1.54, 1.807) is 14.2 Å². The number of piperidine rings is 5. The quantitative estimate of drug-likeness (QED) is 0.308. The highest BCUT2D eigenvalue weighted by Gasteiger charge is 2.44. The minimum Gasteiger partial charge on any atom is -0.497 e. The lowest BCUT2D eigenvalue weighted by atomic mass is 9.72. The molecule has 0 amide bonds. The lowest BCUT2D eigenvalue weighted by molar-refractivity contribution is -0.0713. The number of benzene rings is 1. The highest BCUT2D eigenvalue weighted by molar-refractivity contribution is 5.62. The molecule has 21 heteroatoms. The van der Waals surface area contributed by atoms with Crippen LogP contribution in [-0.2, 0) is 17.6 Å². The number of β-amino-alcohol motifs (C(OH)–C–C–N with tert-alkyl or cyclic N) is 1. The number of likely N-dealkylation sites (N-methyl/N-ethyl adjacent to an activating group) is 1. The Morgan fingerprint density at radius 1 is 0.368 bits per heavy atom. The number of fused-ring (bicyclic) bond motifs is 4. The Hall–Kier alpha value is -3.16. The fourth-order valence-electron chi connectivity index (χ4n) is 21.0. The molecule has 11 saturated heterocycles. The van der Waals surface area contributed by atoms with Crippen LogP contribution in [0.1, 0.15) is 396 Å². The van der Waals surface area contributed by atoms with Crippen molar-refractivity contribution in [1.29, 1.82) is 0 Å². The summed E-state index contributed by atoms with van der Waals surface area (Å²) in [5.41, 5.74) is 9.32. The van der Waals surface area contributed by atoms with Gasteiger partial charge in [-0.05, 0) is 460 Å². The van der Waals surface area contributed by atoms with E-state index in [0.717, 1.165) is 115 Å². The molecule has 0 radical (unpaired) electrons. The number of morpholine rings is 1. The predicted octanol–water partition coefficient (Wildman–Crippen LogP) is 24.6. The van der Waals surface area contributed by atoms with Crippen LogP contribution >= 0.6 is 0 Å². The number of rotatable bonds is 2.